The maximum atomic E-state index is 13.3. The van der Waals surface area contributed by atoms with Crippen LogP contribution in [0.5, 0.6) is 0 Å². The molecule has 0 fully saturated rings. The van der Waals surface area contributed by atoms with E-state index in [0.29, 0.717) is 6.42 Å². The second kappa shape index (κ2) is 8.96. The van der Waals surface area contributed by atoms with Gasteiger partial charge < -0.3 is 4.74 Å². The van der Waals surface area contributed by atoms with Crippen molar-refractivity contribution in [3.8, 4) is 23.7 Å². The summed E-state index contributed by atoms with van der Waals surface area (Å²) >= 11 is 0. The highest BCUT2D eigenvalue weighted by Gasteiger charge is 2.36. The summed E-state index contributed by atoms with van der Waals surface area (Å²) < 4.78 is 32.7. The number of nitrogens with zero attached hydrogens (tertiary/aromatic N) is 1. The molecule has 1 atom stereocenters. The van der Waals surface area contributed by atoms with Crippen molar-refractivity contribution in [3.05, 3.63) is 65.2 Å². The molecule has 0 saturated heterocycles. The third-order valence-electron chi connectivity index (χ3n) is 4.60. The number of aryl methyl sites for hydroxylation is 1. The van der Waals surface area contributed by atoms with Gasteiger partial charge in [-0.1, -0.05) is 53.5 Å². The molecular weight excluding hydrogens is 386 g/mol. The van der Waals surface area contributed by atoms with E-state index in [2.05, 4.69) is 23.7 Å². The number of carbonyl (C=O) groups is 1. The van der Waals surface area contributed by atoms with Crippen LogP contribution in [0.15, 0.2) is 53.4 Å². The molecular formula is C23H21NO4S. The zero-order valence-electron chi connectivity index (χ0n) is 16.3. The normalized spacial score (nSPS) is 16.8. The van der Waals surface area contributed by atoms with Gasteiger partial charge in [-0.05, 0) is 37.6 Å². The minimum absolute atomic E-state index is 0.111. The number of benzene rings is 2. The van der Waals surface area contributed by atoms with Crippen LogP contribution in [0, 0.1) is 30.6 Å². The van der Waals surface area contributed by atoms with E-state index in [1.165, 1.54) is 19.2 Å². The molecule has 6 heteroatoms. The number of esters is 1. The molecule has 1 aliphatic heterocycles. The number of methoxy groups -OCH3 is 1. The molecule has 0 spiro atoms. The molecule has 0 saturated carbocycles. The first-order chi connectivity index (χ1) is 13.9. The van der Waals surface area contributed by atoms with Crippen LogP contribution < -0.4 is 0 Å². The Morgan fingerprint density at radius 2 is 1.66 bits per heavy atom. The Hall–Kier alpha value is -3.06. The van der Waals surface area contributed by atoms with E-state index in [-0.39, 0.29) is 17.9 Å². The molecule has 0 radical (unpaired) electrons. The van der Waals surface area contributed by atoms with E-state index in [1.807, 2.05) is 31.2 Å². The van der Waals surface area contributed by atoms with Gasteiger partial charge in [-0.3, -0.25) is 4.79 Å². The summed E-state index contributed by atoms with van der Waals surface area (Å²) in [4.78, 5) is 12.6. The lowest BCUT2D eigenvalue weighted by molar-refractivity contribution is -0.145. The van der Waals surface area contributed by atoms with Crippen molar-refractivity contribution in [2.45, 2.75) is 30.7 Å². The van der Waals surface area contributed by atoms with E-state index < -0.39 is 22.0 Å². The largest absolute Gasteiger partial charge is 0.468 e. The summed E-state index contributed by atoms with van der Waals surface area (Å²) in [6.45, 7) is 1.74. The highest BCUT2D eigenvalue weighted by atomic mass is 32.2. The number of hydrogen-bond acceptors (Lipinski definition) is 4. The smallest absolute Gasteiger partial charge is 0.324 e. The predicted octanol–water partition coefficient (Wildman–Crippen LogP) is 2.72. The van der Waals surface area contributed by atoms with Gasteiger partial charge in [0.25, 0.3) is 0 Å². The second-order valence-corrected chi connectivity index (χ2v) is 8.48. The molecule has 0 aromatic heterocycles. The van der Waals surface area contributed by atoms with E-state index in [9.17, 15) is 13.2 Å². The fourth-order valence-corrected chi connectivity index (χ4v) is 4.52. The summed E-state index contributed by atoms with van der Waals surface area (Å²) in [6, 6.07) is 12.9. The van der Waals surface area contributed by atoms with Crippen LogP contribution in [-0.4, -0.2) is 38.4 Å². The van der Waals surface area contributed by atoms with Crippen molar-refractivity contribution < 1.29 is 17.9 Å². The van der Waals surface area contributed by atoms with Gasteiger partial charge in [-0.25, -0.2) is 8.42 Å². The zero-order chi connectivity index (χ0) is 20.9. The van der Waals surface area contributed by atoms with Crippen LogP contribution in [-0.2, 0) is 19.6 Å². The summed E-state index contributed by atoms with van der Waals surface area (Å²) in [6.07, 6.45) is 0.558. The van der Waals surface area contributed by atoms with Crippen molar-refractivity contribution in [1.82, 2.24) is 4.31 Å². The van der Waals surface area contributed by atoms with Gasteiger partial charge in [0.15, 0.2) is 0 Å². The Morgan fingerprint density at radius 3 is 2.28 bits per heavy atom. The summed E-state index contributed by atoms with van der Waals surface area (Å²) in [7, 11) is -2.71. The number of hydrogen-bond donors (Lipinski definition) is 0. The maximum Gasteiger partial charge on any atom is 0.324 e. The topological polar surface area (TPSA) is 63.7 Å². The van der Waals surface area contributed by atoms with Gasteiger partial charge in [0, 0.05) is 17.5 Å². The lowest BCUT2D eigenvalue weighted by Crippen LogP contribution is -2.45. The van der Waals surface area contributed by atoms with Crippen LogP contribution in [0.1, 0.15) is 29.5 Å². The Labute approximate surface area is 171 Å². The molecule has 0 N–H and O–H groups in total. The average molecular weight is 407 g/mol. The lowest BCUT2D eigenvalue weighted by atomic mass is 10.1. The SMILES string of the molecule is COC(=O)[C@@H]1CCC#Cc2ccccc2C#CCN1S(=O)(=O)c1ccc(C)cc1. The highest BCUT2D eigenvalue weighted by Crippen LogP contribution is 2.22. The van der Waals surface area contributed by atoms with Crippen LogP contribution in [0.25, 0.3) is 0 Å². The van der Waals surface area contributed by atoms with Crippen LogP contribution in [0.3, 0.4) is 0 Å². The highest BCUT2D eigenvalue weighted by molar-refractivity contribution is 7.89. The van der Waals surface area contributed by atoms with Crippen LogP contribution >= 0.6 is 0 Å². The minimum atomic E-state index is -3.96. The quantitative estimate of drug-likeness (QED) is 0.580. The van der Waals surface area contributed by atoms with Gasteiger partial charge in [0.2, 0.25) is 10.0 Å². The van der Waals surface area contributed by atoms with Crippen molar-refractivity contribution in [2.75, 3.05) is 13.7 Å². The number of rotatable bonds is 3. The van der Waals surface area contributed by atoms with Crippen LogP contribution in [0.4, 0.5) is 0 Å². The van der Waals surface area contributed by atoms with Gasteiger partial charge in [-0.15, -0.1) is 0 Å². The van der Waals surface area contributed by atoms with E-state index >= 15 is 0 Å². The van der Waals surface area contributed by atoms with Gasteiger partial charge in [0.1, 0.15) is 6.04 Å². The Balaban J connectivity index is 2.08. The van der Waals surface area contributed by atoms with E-state index in [0.717, 1.165) is 21.0 Å². The molecule has 1 aliphatic rings. The molecule has 148 valence electrons. The molecule has 1 heterocycles. The number of fused-ring (bicyclic) bond motifs is 1. The monoisotopic (exact) mass is 407 g/mol. The Morgan fingerprint density at radius 1 is 1.03 bits per heavy atom. The average Bonchev–Trinajstić information content (AvgIpc) is 2.76. The molecule has 2 aromatic rings. The van der Waals surface area contributed by atoms with Crippen molar-refractivity contribution in [2.24, 2.45) is 0 Å². The third-order valence-corrected chi connectivity index (χ3v) is 6.47. The van der Waals surface area contributed by atoms with Crippen molar-refractivity contribution in [3.63, 3.8) is 0 Å². The molecule has 0 aliphatic carbocycles. The summed E-state index contributed by atoms with van der Waals surface area (Å²) in [5.41, 5.74) is 2.45. The minimum Gasteiger partial charge on any atom is -0.468 e. The molecule has 0 unspecified atom stereocenters. The molecule has 2 aromatic carbocycles. The fraction of sp³-hybridized carbons (Fsp3) is 0.261. The third kappa shape index (κ3) is 4.68. The molecule has 3 rings (SSSR count). The Bertz CT molecular complexity index is 1130. The van der Waals surface area contributed by atoms with Gasteiger partial charge in [0.05, 0.1) is 18.6 Å². The number of ether oxygens (including phenoxy) is 1. The molecule has 0 amide bonds. The van der Waals surface area contributed by atoms with Gasteiger partial charge >= 0.3 is 5.97 Å². The summed E-state index contributed by atoms with van der Waals surface area (Å²) in [5, 5.41) is 0. The summed E-state index contributed by atoms with van der Waals surface area (Å²) in [5.74, 6) is 11.3. The fourth-order valence-electron chi connectivity index (χ4n) is 3.00. The first-order valence-corrected chi connectivity index (χ1v) is 10.6. The zero-order valence-corrected chi connectivity index (χ0v) is 17.1. The first-order valence-electron chi connectivity index (χ1n) is 9.16. The predicted molar refractivity (Wildman–Crippen MR) is 110 cm³/mol. The van der Waals surface area contributed by atoms with E-state index in [1.54, 1.807) is 12.1 Å². The lowest BCUT2D eigenvalue weighted by Gasteiger charge is -2.27. The molecule has 5 nitrogen and oxygen atoms in total. The van der Waals surface area contributed by atoms with Crippen molar-refractivity contribution >= 4 is 16.0 Å². The van der Waals surface area contributed by atoms with Gasteiger partial charge in [-0.2, -0.15) is 4.31 Å². The molecule has 0 bridgehead atoms. The Kier molecular flexibility index (Phi) is 6.39. The number of carbonyl (C=O) groups excluding carboxylic acids is 1. The first kappa shape index (κ1) is 20.7. The standard InChI is InChI=1S/C23H21NO4S/c1-18-13-15-21(16-14-18)29(26,27)24-17-7-11-20-9-4-3-8-19(20)10-5-6-12-22(24)23(25)28-2/h3-4,8-9,13-16,22H,6,12,17H2,1-2H3/t22-/m0/s1. The molecule has 29 heavy (non-hydrogen) atoms. The van der Waals surface area contributed by atoms with Crippen LogP contribution in [0.2, 0.25) is 0 Å². The van der Waals surface area contributed by atoms with E-state index in [4.69, 9.17) is 4.74 Å². The van der Waals surface area contributed by atoms with Crippen molar-refractivity contribution in [1.29, 1.82) is 0 Å². The number of sulfonamides is 1. The second-order valence-electron chi connectivity index (χ2n) is 6.59. The maximum absolute atomic E-state index is 13.3.